The molecule has 0 amide bonds. The summed E-state index contributed by atoms with van der Waals surface area (Å²) in [6.45, 7) is 0. The third-order valence-electron chi connectivity index (χ3n) is 4.00. The Balaban J connectivity index is 2.35. The van der Waals surface area contributed by atoms with Crippen molar-refractivity contribution in [3.05, 3.63) is 29.6 Å². The predicted octanol–water partition coefficient (Wildman–Crippen LogP) is 3.45. The van der Waals surface area contributed by atoms with Crippen molar-refractivity contribution in [3.63, 3.8) is 0 Å². The van der Waals surface area contributed by atoms with Crippen molar-refractivity contribution in [1.29, 1.82) is 0 Å². The lowest BCUT2D eigenvalue weighted by Gasteiger charge is -2.26. The second kappa shape index (κ2) is 6.36. The second-order valence-electron chi connectivity index (χ2n) is 5.34. The highest BCUT2D eigenvalue weighted by molar-refractivity contribution is 7.89. The minimum absolute atomic E-state index is 0.231. The fourth-order valence-electron chi connectivity index (χ4n) is 2.68. The summed E-state index contributed by atoms with van der Waals surface area (Å²) in [5.41, 5.74) is 0. The van der Waals surface area contributed by atoms with E-state index in [1.54, 1.807) is 0 Å². The first-order valence-electron chi connectivity index (χ1n) is 6.97. The summed E-state index contributed by atoms with van der Waals surface area (Å²) in [4.78, 5) is -0.812. The number of sulfonamides is 1. The molecular weight excluding hydrogens is 303 g/mol. The minimum Gasteiger partial charge on any atom is -0.207 e. The molecule has 3 nitrogen and oxygen atoms in total. The number of rotatable bonds is 3. The standard InChI is InChI=1S/C14H18F3NO2S/c1-18(10-6-4-2-3-5-7-10)21(19,20)12-9-8-11(15)13(16)14(12)17/h8-10H,2-7H2,1H3. The molecule has 1 fully saturated rings. The minimum atomic E-state index is -4.17. The van der Waals surface area contributed by atoms with Gasteiger partial charge in [-0.05, 0) is 25.0 Å². The number of benzene rings is 1. The Labute approximate surface area is 122 Å². The van der Waals surface area contributed by atoms with E-state index in [0.29, 0.717) is 18.9 Å². The van der Waals surface area contributed by atoms with E-state index in [4.69, 9.17) is 0 Å². The fraction of sp³-hybridized carbons (Fsp3) is 0.571. The molecule has 2 rings (SSSR count). The Hall–Kier alpha value is -1.08. The second-order valence-corrected chi connectivity index (χ2v) is 7.31. The van der Waals surface area contributed by atoms with Crippen LogP contribution in [0.15, 0.2) is 17.0 Å². The fourth-order valence-corrected chi connectivity index (χ4v) is 4.15. The molecule has 0 spiro atoms. The van der Waals surface area contributed by atoms with Crippen LogP contribution in [0.2, 0.25) is 0 Å². The number of halogens is 3. The lowest BCUT2D eigenvalue weighted by molar-refractivity contribution is 0.332. The van der Waals surface area contributed by atoms with Crippen LogP contribution < -0.4 is 0 Å². The van der Waals surface area contributed by atoms with Crippen LogP contribution in [0.3, 0.4) is 0 Å². The van der Waals surface area contributed by atoms with Crippen molar-refractivity contribution in [3.8, 4) is 0 Å². The lowest BCUT2D eigenvalue weighted by atomic mass is 10.1. The molecule has 1 aromatic rings. The molecule has 7 heteroatoms. The Morgan fingerprint density at radius 1 is 1.00 bits per heavy atom. The Bertz CT molecular complexity index is 611. The highest BCUT2D eigenvalue weighted by atomic mass is 32.2. The average molecular weight is 321 g/mol. The first kappa shape index (κ1) is 16.3. The maximum absolute atomic E-state index is 13.7. The Kier molecular flexibility index (Phi) is 4.93. The zero-order valence-electron chi connectivity index (χ0n) is 11.8. The average Bonchev–Trinajstić information content (AvgIpc) is 2.72. The van der Waals surface area contributed by atoms with E-state index in [1.807, 2.05) is 0 Å². The van der Waals surface area contributed by atoms with Gasteiger partial charge in [-0.15, -0.1) is 0 Å². The van der Waals surface area contributed by atoms with Crippen molar-refractivity contribution in [2.75, 3.05) is 7.05 Å². The maximum atomic E-state index is 13.7. The highest BCUT2D eigenvalue weighted by Gasteiger charge is 2.32. The molecule has 21 heavy (non-hydrogen) atoms. The third kappa shape index (κ3) is 3.23. The summed E-state index contributed by atoms with van der Waals surface area (Å²) in [5, 5.41) is 0. The molecule has 0 bridgehead atoms. The van der Waals surface area contributed by atoms with Gasteiger partial charge in [0.05, 0.1) is 0 Å². The normalized spacial score (nSPS) is 18.0. The van der Waals surface area contributed by atoms with Gasteiger partial charge in [-0.25, -0.2) is 21.6 Å². The molecular formula is C14H18F3NO2S. The lowest BCUT2D eigenvalue weighted by Crippen LogP contribution is -2.37. The van der Waals surface area contributed by atoms with Crippen LogP contribution in [0.5, 0.6) is 0 Å². The summed E-state index contributed by atoms with van der Waals surface area (Å²) >= 11 is 0. The van der Waals surface area contributed by atoms with Gasteiger partial charge < -0.3 is 0 Å². The molecule has 0 N–H and O–H groups in total. The topological polar surface area (TPSA) is 37.4 Å². The Morgan fingerprint density at radius 2 is 1.57 bits per heavy atom. The van der Waals surface area contributed by atoms with E-state index >= 15 is 0 Å². The quantitative estimate of drug-likeness (QED) is 0.632. The highest BCUT2D eigenvalue weighted by Crippen LogP contribution is 2.28. The summed E-state index contributed by atoms with van der Waals surface area (Å²) < 4.78 is 65.9. The molecule has 0 saturated heterocycles. The first-order valence-corrected chi connectivity index (χ1v) is 8.41. The van der Waals surface area contributed by atoms with E-state index < -0.39 is 32.4 Å². The van der Waals surface area contributed by atoms with Crippen LogP contribution >= 0.6 is 0 Å². The molecule has 0 aliphatic heterocycles. The molecule has 118 valence electrons. The number of hydrogen-bond donors (Lipinski definition) is 0. The van der Waals surface area contributed by atoms with Gasteiger partial charge in [-0.2, -0.15) is 4.31 Å². The summed E-state index contributed by atoms with van der Waals surface area (Å²) in [6.07, 6.45) is 5.30. The maximum Gasteiger partial charge on any atom is 0.246 e. The zero-order chi connectivity index (χ0) is 15.6. The molecule has 0 unspecified atom stereocenters. The Morgan fingerprint density at radius 3 is 2.14 bits per heavy atom. The van der Waals surface area contributed by atoms with E-state index in [9.17, 15) is 21.6 Å². The number of nitrogens with zero attached hydrogens (tertiary/aromatic N) is 1. The van der Waals surface area contributed by atoms with Crippen molar-refractivity contribution < 1.29 is 21.6 Å². The summed E-state index contributed by atoms with van der Waals surface area (Å²) in [6, 6.07) is 1.17. The van der Waals surface area contributed by atoms with E-state index in [1.165, 1.54) is 7.05 Å². The van der Waals surface area contributed by atoms with Crippen molar-refractivity contribution in [1.82, 2.24) is 4.31 Å². The zero-order valence-corrected chi connectivity index (χ0v) is 12.6. The monoisotopic (exact) mass is 321 g/mol. The number of hydrogen-bond acceptors (Lipinski definition) is 2. The largest absolute Gasteiger partial charge is 0.246 e. The van der Waals surface area contributed by atoms with E-state index in [2.05, 4.69) is 0 Å². The van der Waals surface area contributed by atoms with Gasteiger partial charge in [0.1, 0.15) is 4.90 Å². The molecule has 1 saturated carbocycles. The molecule has 0 heterocycles. The van der Waals surface area contributed by atoms with Gasteiger partial charge in [0.15, 0.2) is 17.5 Å². The summed E-state index contributed by atoms with van der Waals surface area (Å²) in [5.74, 6) is -4.82. The van der Waals surface area contributed by atoms with E-state index in [0.717, 1.165) is 36.1 Å². The van der Waals surface area contributed by atoms with Crippen molar-refractivity contribution in [2.45, 2.75) is 49.5 Å². The first-order chi connectivity index (χ1) is 9.85. The van der Waals surface area contributed by atoms with Gasteiger partial charge >= 0.3 is 0 Å². The van der Waals surface area contributed by atoms with Crippen LogP contribution in [0, 0.1) is 17.5 Å². The molecule has 0 aromatic heterocycles. The van der Waals surface area contributed by atoms with Gasteiger partial charge in [0, 0.05) is 13.1 Å². The van der Waals surface area contributed by atoms with Crippen molar-refractivity contribution >= 4 is 10.0 Å². The van der Waals surface area contributed by atoms with Crippen LogP contribution in [-0.2, 0) is 10.0 Å². The van der Waals surface area contributed by atoms with E-state index in [-0.39, 0.29) is 6.04 Å². The smallest absolute Gasteiger partial charge is 0.207 e. The molecule has 1 aliphatic rings. The van der Waals surface area contributed by atoms with Crippen LogP contribution in [0.25, 0.3) is 0 Å². The molecule has 1 aliphatic carbocycles. The van der Waals surface area contributed by atoms with Gasteiger partial charge in [0.25, 0.3) is 0 Å². The molecule has 1 aromatic carbocycles. The summed E-state index contributed by atoms with van der Waals surface area (Å²) in [7, 11) is -2.81. The molecule has 0 atom stereocenters. The van der Waals surface area contributed by atoms with Crippen LogP contribution in [0.1, 0.15) is 38.5 Å². The van der Waals surface area contributed by atoms with Crippen LogP contribution in [-0.4, -0.2) is 25.8 Å². The predicted molar refractivity (Wildman–Crippen MR) is 72.8 cm³/mol. The molecule has 0 radical (unpaired) electrons. The van der Waals surface area contributed by atoms with Crippen molar-refractivity contribution in [2.24, 2.45) is 0 Å². The van der Waals surface area contributed by atoms with Gasteiger partial charge in [0.2, 0.25) is 10.0 Å². The van der Waals surface area contributed by atoms with Gasteiger partial charge in [-0.3, -0.25) is 0 Å². The third-order valence-corrected chi connectivity index (χ3v) is 5.92. The SMILES string of the molecule is CN(C1CCCCCC1)S(=O)(=O)c1ccc(F)c(F)c1F. The van der Waals surface area contributed by atoms with Crippen LogP contribution in [0.4, 0.5) is 13.2 Å². The van der Waals surface area contributed by atoms with Gasteiger partial charge in [-0.1, -0.05) is 25.7 Å².